The van der Waals surface area contributed by atoms with E-state index in [1.807, 2.05) is 6.92 Å². The van der Waals surface area contributed by atoms with Gasteiger partial charge in [-0.3, -0.25) is 0 Å². The Kier molecular flexibility index (Phi) is 3.23. The first-order chi connectivity index (χ1) is 5.65. The monoisotopic (exact) mass is 232 g/mol. The Labute approximate surface area is 79.4 Å². The van der Waals surface area contributed by atoms with E-state index in [0.717, 1.165) is 5.56 Å². The first-order valence-corrected chi connectivity index (χ1v) is 4.50. The van der Waals surface area contributed by atoms with Crippen molar-refractivity contribution in [1.29, 1.82) is 0 Å². The van der Waals surface area contributed by atoms with Gasteiger partial charge in [-0.15, -0.1) is 0 Å². The van der Waals surface area contributed by atoms with E-state index in [4.69, 9.17) is 5.11 Å². The SMILES string of the molecule is Cc1cc(Br)c(F)c(CCO)c1. The lowest BCUT2D eigenvalue weighted by atomic mass is 10.1. The second-order valence-electron chi connectivity index (χ2n) is 2.69. The third-order valence-corrected chi connectivity index (χ3v) is 2.21. The van der Waals surface area contributed by atoms with Gasteiger partial charge >= 0.3 is 0 Å². The fraction of sp³-hybridized carbons (Fsp3) is 0.333. The third-order valence-electron chi connectivity index (χ3n) is 1.63. The molecular formula is C9H10BrFO. The summed E-state index contributed by atoms with van der Waals surface area (Å²) in [7, 11) is 0. The summed E-state index contributed by atoms with van der Waals surface area (Å²) in [6.45, 7) is 1.87. The molecule has 1 N–H and O–H groups in total. The number of hydrogen-bond acceptors (Lipinski definition) is 1. The van der Waals surface area contributed by atoms with E-state index in [9.17, 15) is 4.39 Å². The Morgan fingerprint density at radius 2 is 2.17 bits per heavy atom. The number of aliphatic hydroxyl groups excluding tert-OH is 1. The zero-order valence-electron chi connectivity index (χ0n) is 6.77. The topological polar surface area (TPSA) is 20.2 Å². The van der Waals surface area contributed by atoms with E-state index >= 15 is 0 Å². The Hall–Kier alpha value is -0.410. The summed E-state index contributed by atoms with van der Waals surface area (Å²) in [5.41, 5.74) is 1.55. The van der Waals surface area contributed by atoms with Crippen molar-refractivity contribution >= 4 is 15.9 Å². The van der Waals surface area contributed by atoms with E-state index in [1.54, 1.807) is 12.1 Å². The van der Waals surface area contributed by atoms with Gasteiger partial charge in [0.2, 0.25) is 0 Å². The predicted molar refractivity (Wildman–Crippen MR) is 49.6 cm³/mol. The normalized spacial score (nSPS) is 10.3. The van der Waals surface area contributed by atoms with E-state index < -0.39 is 0 Å². The molecule has 0 saturated carbocycles. The standard InChI is InChI=1S/C9H10BrFO/c1-6-4-7(2-3-12)9(11)8(10)5-6/h4-5,12H,2-3H2,1H3. The van der Waals surface area contributed by atoms with Crippen LogP contribution in [0.25, 0.3) is 0 Å². The van der Waals surface area contributed by atoms with Crippen LogP contribution < -0.4 is 0 Å². The molecule has 0 aromatic heterocycles. The molecule has 0 atom stereocenters. The average molecular weight is 233 g/mol. The van der Waals surface area contributed by atoms with Crippen LogP contribution >= 0.6 is 15.9 Å². The molecule has 0 aliphatic rings. The van der Waals surface area contributed by atoms with Gasteiger partial charge in [-0.1, -0.05) is 6.07 Å². The Morgan fingerprint density at radius 3 is 2.75 bits per heavy atom. The summed E-state index contributed by atoms with van der Waals surface area (Å²) in [5, 5.41) is 8.64. The molecule has 0 radical (unpaired) electrons. The highest BCUT2D eigenvalue weighted by molar-refractivity contribution is 9.10. The number of halogens is 2. The Morgan fingerprint density at radius 1 is 1.50 bits per heavy atom. The second kappa shape index (κ2) is 4.01. The molecule has 0 spiro atoms. The Balaban J connectivity index is 3.09. The first-order valence-electron chi connectivity index (χ1n) is 3.70. The molecule has 1 aromatic rings. The lowest BCUT2D eigenvalue weighted by molar-refractivity contribution is 0.297. The van der Waals surface area contributed by atoms with Crippen LogP contribution in [0.1, 0.15) is 11.1 Å². The van der Waals surface area contributed by atoms with Gasteiger partial charge in [0, 0.05) is 6.61 Å². The van der Waals surface area contributed by atoms with Gasteiger partial charge in [0.15, 0.2) is 0 Å². The maximum atomic E-state index is 13.2. The quantitative estimate of drug-likeness (QED) is 0.831. The van der Waals surface area contributed by atoms with E-state index in [-0.39, 0.29) is 12.4 Å². The van der Waals surface area contributed by atoms with Crippen molar-refractivity contribution in [3.8, 4) is 0 Å². The van der Waals surface area contributed by atoms with E-state index in [0.29, 0.717) is 16.5 Å². The van der Waals surface area contributed by atoms with Crippen molar-refractivity contribution in [2.45, 2.75) is 13.3 Å². The minimum atomic E-state index is -0.269. The van der Waals surface area contributed by atoms with Gasteiger partial charge in [-0.25, -0.2) is 4.39 Å². The molecule has 12 heavy (non-hydrogen) atoms. The van der Waals surface area contributed by atoms with Gasteiger partial charge in [-0.2, -0.15) is 0 Å². The molecule has 3 heteroatoms. The number of benzene rings is 1. The molecule has 1 rings (SSSR count). The largest absolute Gasteiger partial charge is 0.396 e. The van der Waals surface area contributed by atoms with Crippen LogP contribution in [0.4, 0.5) is 4.39 Å². The van der Waals surface area contributed by atoms with Gasteiger partial charge in [0.1, 0.15) is 5.82 Å². The molecule has 0 aliphatic carbocycles. The van der Waals surface area contributed by atoms with Crippen LogP contribution in [-0.2, 0) is 6.42 Å². The molecule has 0 amide bonds. The molecule has 0 fully saturated rings. The second-order valence-corrected chi connectivity index (χ2v) is 3.55. The summed E-state index contributed by atoms with van der Waals surface area (Å²) < 4.78 is 13.7. The summed E-state index contributed by atoms with van der Waals surface area (Å²) >= 11 is 3.11. The van der Waals surface area contributed by atoms with Gasteiger partial charge < -0.3 is 5.11 Å². The molecule has 0 bridgehead atoms. The highest BCUT2D eigenvalue weighted by Crippen LogP contribution is 2.21. The molecule has 1 aromatic carbocycles. The molecule has 0 unspecified atom stereocenters. The lowest BCUT2D eigenvalue weighted by Crippen LogP contribution is -1.96. The van der Waals surface area contributed by atoms with E-state index in [2.05, 4.69) is 15.9 Å². The molecular weight excluding hydrogens is 223 g/mol. The highest BCUT2D eigenvalue weighted by Gasteiger charge is 2.06. The number of aryl methyl sites for hydroxylation is 1. The van der Waals surface area contributed by atoms with Gasteiger partial charge in [0.05, 0.1) is 4.47 Å². The predicted octanol–water partition coefficient (Wildman–Crippen LogP) is 2.43. The van der Waals surface area contributed by atoms with E-state index in [1.165, 1.54) is 0 Å². The minimum Gasteiger partial charge on any atom is -0.396 e. The molecule has 1 nitrogen and oxygen atoms in total. The zero-order valence-corrected chi connectivity index (χ0v) is 8.36. The van der Waals surface area contributed by atoms with Crippen LogP contribution in [0.2, 0.25) is 0 Å². The van der Waals surface area contributed by atoms with Crippen molar-refractivity contribution in [2.24, 2.45) is 0 Å². The average Bonchev–Trinajstić information content (AvgIpc) is 2.00. The number of hydrogen-bond donors (Lipinski definition) is 1. The van der Waals surface area contributed by atoms with Crippen LogP contribution in [0.15, 0.2) is 16.6 Å². The van der Waals surface area contributed by atoms with Crippen molar-refractivity contribution in [2.75, 3.05) is 6.61 Å². The molecule has 0 aliphatic heterocycles. The van der Waals surface area contributed by atoms with Crippen LogP contribution in [0.5, 0.6) is 0 Å². The number of rotatable bonds is 2. The highest BCUT2D eigenvalue weighted by atomic mass is 79.9. The Bertz CT molecular complexity index is 286. The minimum absolute atomic E-state index is 0.0210. The fourth-order valence-corrected chi connectivity index (χ4v) is 1.71. The summed E-state index contributed by atoms with van der Waals surface area (Å²) in [6.07, 6.45) is 0.367. The molecule has 66 valence electrons. The first kappa shape index (κ1) is 9.68. The van der Waals surface area contributed by atoms with Gasteiger partial charge in [-0.05, 0) is 46.5 Å². The fourth-order valence-electron chi connectivity index (χ4n) is 1.10. The van der Waals surface area contributed by atoms with Crippen molar-refractivity contribution in [3.63, 3.8) is 0 Å². The third kappa shape index (κ3) is 2.05. The summed E-state index contributed by atoms with van der Waals surface area (Å²) in [4.78, 5) is 0. The maximum Gasteiger partial charge on any atom is 0.140 e. The lowest BCUT2D eigenvalue weighted by Gasteiger charge is -2.04. The van der Waals surface area contributed by atoms with Crippen molar-refractivity contribution in [3.05, 3.63) is 33.5 Å². The van der Waals surface area contributed by atoms with Gasteiger partial charge in [0.25, 0.3) is 0 Å². The number of aliphatic hydroxyl groups is 1. The van der Waals surface area contributed by atoms with Crippen LogP contribution in [0, 0.1) is 12.7 Å². The summed E-state index contributed by atoms with van der Waals surface area (Å²) in [6, 6.07) is 3.46. The smallest absolute Gasteiger partial charge is 0.140 e. The van der Waals surface area contributed by atoms with Crippen molar-refractivity contribution < 1.29 is 9.50 Å². The summed E-state index contributed by atoms with van der Waals surface area (Å²) in [5.74, 6) is -0.269. The zero-order chi connectivity index (χ0) is 9.14. The maximum absolute atomic E-state index is 13.2. The van der Waals surface area contributed by atoms with Crippen LogP contribution in [0.3, 0.4) is 0 Å². The van der Waals surface area contributed by atoms with Crippen molar-refractivity contribution in [1.82, 2.24) is 0 Å². The van der Waals surface area contributed by atoms with Crippen LogP contribution in [-0.4, -0.2) is 11.7 Å². The molecule has 0 saturated heterocycles. The molecule has 0 heterocycles.